The number of amides is 2. The molecule has 1 heterocycles. The summed E-state index contributed by atoms with van der Waals surface area (Å²) in [5, 5.41) is 1.74. The van der Waals surface area contributed by atoms with Crippen LogP contribution >= 0.6 is 27.3 Å². The fourth-order valence-corrected chi connectivity index (χ4v) is 2.28. The topological polar surface area (TPSA) is 58.2 Å². The van der Waals surface area contributed by atoms with Gasteiger partial charge in [-0.2, -0.15) is 0 Å². The van der Waals surface area contributed by atoms with Crippen LogP contribution in [0.15, 0.2) is 40.2 Å². The number of hydrazine groups is 1. The van der Waals surface area contributed by atoms with Crippen molar-refractivity contribution in [3.63, 3.8) is 0 Å². The Morgan fingerprint density at radius 1 is 1.16 bits per heavy atom. The molecule has 0 unspecified atom stereocenters. The summed E-state index contributed by atoms with van der Waals surface area (Å²) in [6, 6.07) is 7.38. The van der Waals surface area contributed by atoms with E-state index in [4.69, 9.17) is 0 Å². The van der Waals surface area contributed by atoms with Crippen LogP contribution in [0.25, 0.3) is 0 Å². The van der Waals surface area contributed by atoms with Gasteiger partial charge in [0.25, 0.3) is 11.8 Å². The molecule has 1 aromatic carbocycles. The molecule has 4 nitrogen and oxygen atoms in total. The largest absolute Gasteiger partial charge is 0.279 e. The van der Waals surface area contributed by atoms with Gasteiger partial charge in [-0.25, -0.2) is 4.39 Å². The van der Waals surface area contributed by atoms with E-state index in [1.165, 1.54) is 23.5 Å². The molecule has 19 heavy (non-hydrogen) atoms. The lowest BCUT2D eigenvalue weighted by Crippen LogP contribution is -2.41. The zero-order chi connectivity index (χ0) is 13.8. The predicted molar refractivity (Wildman–Crippen MR) is 73.4 cm³/mol. The zero-order valence-corrected chi connectivity index (χ0v) is 11.8. The molecule has 7 heteroatoms. The summed E-state index contributed by atoms with van der Waals surface area (Å²) in [4.78, 5) is 23.7. The third-order valence-electron chi connectivity index (χ3n) is 2.21. The van der Waals surface area contributed by atoms with Crippen molar-refractivity contribution in [3.8, 4) is 0 Å². The van der Waals surface area contributed by atoms with Gasteiger partial charge in [0.2, 0.25) is 0 Å². The first-order chi connectivity index (χ1) is 9.08. The molecule has 0 saturated heterocycles. The van der Waals surface area contributed by atoms with Gasteiger partial charge in [-0.15, -0.1) is 11.3 Å². The Kier molecular flexibility index (Phi) is 4.28. The number of carbonyl (C=O) groups is 2. The fourth-order valence-electron chi connectivity index (χ4n) is 1.32. The average Bonchev–Trinajstić information content (AvgIpc) is 2.89. The maximum atomic E-state index is 13.5. The molecule has 0 aliphatic heterocycles. The summed E-state index contributed by atoms with van der Waals surface area (Å²) in [6.45, 7) is 0. The molecule has 1 aromatic heterocycles. The normalized spacial score (nSPS) is 10.0. The van der Waals surface area contributed by atoms with Crippen LogP contribution in [-0.4, -0.2) is 11.8 Å². The fraction of sp³-hybridized carbons (Fsp3) is 0. The molecule has 2 N–H and O–H groups in total. The van der Waals surface area contributed by atoms with Crippen LogP contribution in [-0.2, 0) is 0 Å². The highest BCUT2D eigenvalue weighted by molar-refractivity contribution is 9.10. The minimum Gasteiger partial charge on any atom is -0.267 e. The lowest BCUT2D eigenvalue weighted by atomic mass is 10.2. The summed E-state index contributed by atoms with van der Waals surface area (Å²) >= 11 is 4.33. The van der Waals surface area contributed by atoms with Crippen molar-refractivity contribution >= 4 is 39.1 Å². The smallest absolute Gasteiger partial charge is 0.267 e. The van der Waals surface area contributed by atoms with Gasteiger partial charge in [0.15, 0.2) is 0 Å². The van der Waals surface area contributed by atoms with E-state index < -0.39 is 17.6 Å². The highest BCUT2D eigenvalue weighted by Crippen LogP contribution is 2.15. The van der Waals surface area contributed by atoms with Crippen molar-refractivity contribution in [3.05, 3.63) is 56.4 Å². The van der Waals surface area contributed by atoms with Gasteiger partial charge in [0.1, 0.15) is 5.82 Å². The van der Waals surface area contributed by atoms with Crippen LogP contribution in [0, 0.1) is 5.82 Å². The van der Waals surface area contributed by atoms with Gasteiger partial charge in [-0.3, -0.25) is 20.4 Å². The lowest BCUT2D eigenvalue weighted by molar-refractivity contribution is 0.0846. The third kappa shape index (κ3) is 3.39. The number of hydrogen-bond acceptors (Lipinski definition) is 3. The molecule has 2 aromatic rings. The molecule has 0 bridgehead atoms. The molecule has 0 spiro atoms. The Morgan fingerprint density at radius 2 is 1.89 bits per heavy atom. The van der Waals surface area contributed by atoms with Gasteiger partial charge in [0, 0.05) is 4.47 Å². The van der Waals surface area contributed by atoms with E-state index in [9.17, 15) is 14.0 Å². The first kappa shape index (κ1) is 13.7. The number of nitrogens with one attached hydrogen (secondary N) is 2. The second-order valence-corrected chi connectivity index (χ2v) is 5.37. The first-order valence-electron chi connectivity index (χ1n) is 5.17. The zero-order valence-electron chi connectivity index (χ0n) is 9.44. The molecule has 0 saturated carbocycles. The van der Waals surface area contributed by atoms with Gasteiger partial charge in [-0.1, -0.05) is 22.0 Å². The van der Waals surface area contributed by atoms with Crippen LogP contribution < -0.4 is 10.9 Å². The summed E-state index contributed by atoms with van der Waals surface area (Å²) in [5.41, 5.74) is 4.24. The van der Waals surface area contributed by atoms with Crippen molar-refractivity contribution in [1.82, 2.24) is 10.9 Å². The molecule has 0 aliphatic carbocycles. The van der Waals surface area contributed by atoms with Crippen molar-refractivity contribution in [2.24, 2.45) is 0 Å². The van der Waals surface area contributed by atoms with Gasteiger partial charge in [-0.05, 0) is 29.6 Å². The van der Waals surface area contributed by atoms with Crippen LogP contribution in [0.3, 0.4) is 0 Å². The highest BCUT2D eigenvalue weighted by atomic mass is 79.9. The summed E-state index contributed by atoms with van der Waals surface area (Å²) in [5.74, 6) is -1.83. The summed E-state index contributed by atoms with van der Waals surface area (Å²) in [6.07, 6.45) is 0. The van der Waals surface area contributed by atoms with Crippen LogP contribution in [0.2, 0.25) is 0 Å². The third-order valence-corrected chi connectivity index (χ3v) is 3.57. The van der Waals surface area contributed by atoms with Gasteiger partial charge < -0.3 is 0 Å². The Balaban J connectivity index is 2.00. The first-order valence-corrected chi connectivity index (χ1v) is 6.84. The number of rotatable bonds is 2. The van der Waals surface area contributed by atoms with Crippen molar-refractivity contribution in [1.29, 1.82) is 0 Å². The second-order valence-electron chi connectivity index (χ2n) is 3.51. The standard InChI is InChI=1S/C12H8BrFN2O2S/c13-7-3-4-8(9(14)6-7)11(17)15-16-12(18)10-2-1-5-19-10/h1-6H,(H,15,17)(H,16,18). The number of halogens is 2. The average molecular weight is 343 g/mol. The van der Waals surface area contributed by atoms with E-state index >= 15 is 0 Å². The van der Waals surface area contributed by atoms with E-state index in [0.29, 0.717) is 9.35 Å². The van der Waals surface area contributed by atoms with Crippen LogP contribution in [0.1, 0.15) is 20.0 Å². The van der Waals surface area contributed by atoms with Crippen molar-refractivity contribution < 1.29 is 14.0 Å². The Bertz CT molecular complexity index is 616. The minimum absolute atomic E-state index is 0.144. The Morgan fingerprint density at radius 3 is 2.53 bits per heavy atom. The van der Waals surface area contributed by atoms with E-state index in [1.807, 2.05) is 0 Å². The lowest BCUT2D eigenvalue weighted by Gasteiger charge is -2.07. The molecule has 98 valence electrons. The van der Waals surface area contributed by atoms with Crippen LogP contribution in [0.4, 0.5) is 4.39 Å². The molecule has 2 amide bonds. The van der Waals surface area contributed by atoms with E-state index in [2.05, 4.69) is 26.8 Å². The maximum absolute atomic E-state index is 13.5. The Labute approximate surface area is 120 Å². The highest BCUT2D eigenvalue weighted by Gasteiger charge is 2.13. The summed E-state index contributed by atoms with van der Waals surface area (Å²) < 4.78 is 14.0. The number of thiophene rings is 1. The maximum Gasteiger partial charge on any atom is 0.279 e. The summed E-state index contributed by atoms with van der Waals surface area (Å²) in [7, 11) is 0. The van der Waals surface area contributed by atoms with Gasteiger partial charge >= 0.3 is 0 Å². The monoisotopic (exact) mass is 342 g/mol. The van der Waals surface area contributed by atoms with Gasteiger partial charge in [0.05, 0.1) is 10.4 Å². The minimum atomic E-state index is -0.713. The molecule has 0 fully saturated rings. The number of hydrogen-bond donors (Lipinski definition) is 2. The van der Waals surface area contributed by atoms with E-state index in [-0.39, 0.29) is 5.56 Å². The molecular formula is C12H8BrFN2O2S. The van der Waals surface area contributed by atoms with Crippen LogP contribution in [0.5, 0.6) is 0 Å². The SMILES string of the molecule is O=C(NNC(=O)c1ccc(Br)cc1F)c1cccs1. The quantitative estimate of drug-likeness (QED) is 0.824. The van der Waals surface area contributed by atoms with E-state index in [0.717, 1.165) is 0 Å². The number of carbonyl (C=O) groups excluding carboxylic acids is 2. The molecule has 0 radical (unpaired) electrons. The van der Waals surface area contributed by atoms with E-state index in [1.54, 1.807) is 23.6 Å². The van der Waals surface area contributed by atoms with Crippen molar-refractivity contribution in [2.45, 2.75) is 0 Å². The molecular weight excluding hydrogens is 335 g/mol. The number of benzene rings is 1. The molecule has 2 rings (SSSR count). The second kappa shape index (κ2) is 5.94. The molecule has 0 aliphatic rings. The molecule has 0 atom stereocenters. The van der Waals surface area contributed by atoms with Crippen molar-refractivity contribution in [2.75, 3.05) is 0 Å². The Hall–Kier alpha value is -1.73. The predicted octanol–water partition coefficient (Wildman–Crippen LogP) is 2.72.